The van der Waals surface area contributed by atoms with Crippen molar-refractivity contribution in [3.05, 3.63) is 49.6 Å². The summed E-state index contributed by atoms with van der Waals surface area (Å²) in [7, 11) is 0. The van der Waals surface area contributed by atoms with E-state index in [1.54, 1.807) is 11.3 Å². The van der Waals surface area contributed by atoms with Gasteiger partial charge in [0.05, 0.1) is 11.6 Å². The van der Waals surface area contributed by atoms with E-state index in [2.05, 4.69) is 22.0 Å². The van der Waals surface area contributed by atoms with Crippen LogP contribution in [-0.4, -0.2) is 6.04 Å². The summed E-state index contributed by atoms with van der Waals surface area (Å²) in [6.45, 7) is 5.84. The maximum atomic E-state index is 9.01. The number of nitrogens with two attached hydrogens (primary N) is 1. The molecule has 0 saturated carbocycles. The van der Waals surface area contributed by atoms with Gasteiger partial charge in [0.1, 0.15) is 11.9 Å². The van der Waals surface area contributed by atoms with Crippen LogP contribution in [0.15, 0.2) is 28.1 Å². The number of thiophene rings is 1. The summed E-state index contributed by atoms with van der Waals surface area (Å²) in [5, 5.41) is 11.0. The molecule has 0 saturated heterocycles. The molecule has 1 aromatic carbocycles. The molecule has 2 aromatic rings. The van der Waals surface area contributed by atoms with Gasteiger partial charge in [0.15, 0.2) is 0 Å². The van der Waals surface area contributed by atoms with E-state index in [-0.39, 0.29) is 12.1 Å². The van der Waals surface area contributed by atoms with E-state index < -0.39 is 0 Å². The lowest BCUT2D eigenvalue weighted by Gasteiger charge is -2.24. The summed E-state index contributed by atoms with van der Waals surface area (Å²) in [4.78, 5) is 1.08. The molecule has 3 nitrogen and oxygen atoms in total. The summed E-state index contributed by atoms with van der Waals surface area (Å²) in [5.41, 5.74) is 8.65. The lowest BCUT2D eigenvalue weighted by atomic mass is 10.1. The molecule has 1 aromatic heterocycles. The highest BCUT2D eigenvalue weighted by molar-refractivity contribution is 9.10. The molecule has 110 valence electrons. The minimum absolute atomic E-state index is 0.134. The lowest BCUT2D eigenvalue weighted by molar-refractivity contribution is 0.181. The van der Waals surface area contributed by atoms with Gasteiger partial charge in [-0.25, -0.2) is 0 Å². The molecule has 21 heavy (non-hydrogen) atoms. The van der Waals surface area contributed by atoms with E-state index in [0.29, 0.717) is 5.56 Å². The molecule has 2 unspecified atom stereocenters. The number of hydrogen-bond donors (Lipinski definition) is 1. The van der Waals surface area contributed by atoms with Gasteiger partial charge >= 0.3 is 0 Å². The van der Waals surface area contributed by atoms with Crippen LogP contribution in [0.25, 0.3) is 0 Å². The zero-order valence-electron chi connectivity index (χ0n) is 12.2. The molecule has 0 aliphatic rings. The summed E-state index contributed by atoms with van der Waals surface area (Å²) in [6.07, 6.45) is -0.202. The van der Waals surface area contributed by atoms with Crippen molar-refractivity contribution in [3.8, 4) is 11.8 Å². The Hall–Kier alpha value is -1.35. The molecule has 0 spiro atoms. The monoisotopic (exact) mass is 364 g/mol. The fourth-order valence-electron chi connectivity index (χ4n) is 2.23. The van der Waals surface area contributed by atoms with Crippen molar-refractivity contribution in [2.45, 2.75) is 32.9 Å². The molecule has 0 bridgehead atoms. The second-order valence-electron chi connectivity index (χ2n) is 5.12. The highest BCUT2D eigenvalue weighted by atomic mass is 79.9. The van der Waals surface area contributed by atoms with Crippen molar-refractivity contribution in [2.75, 3.05) is 0 Å². The maximum absolute atomic E-state index is 9.01. The Balaban J connectivity index is 2.36. The zero-order chi connectivity index (χ0) is 15.6. The van der Waals surface area contributed by atoms with Crippen LogP contribution in [0.4, 0.5) is 0 Å². The molecule has 0 amide bonds. The van der Waals surface area contributed by atoms with Crippen molar-refractivity contribution >= 4 is 27.3 Å². The largest absolute Gasteiger partial charge is 0.483 e. The van der Waals surface area contributed by atoms with E-state index in [1.165, 1.54) is 0 Å². The zero-order valence-corrected chi connectivity index (χ0v) is 14.6. The van der Waals surface area contributed by atoms with Crippen LogP contribution in [0.2, 0.25) is 0 Å². The van der Waals surface area contributed by atoms with Gasteiger partial charge in [0, 0.05) is 20.8 Å². The third-order valence-corrected chi connectivity index (χ3v) is 4.93. The maximum Gasteiger partial charge on any atom is 0.148 e. The summed E-state index contributed by atoms with van der Waals surface area (Å²) < 4.78 is 7.22. The van der Waals surface area contributed by atoms with E-state index >= 15 is 0 Å². The molecule has 2 atom stereocenters. The Bertz CT molecular complexity index is 665. The van der Waals surface area contributed by atoms with Gasteiger partial charge in [-0.3, -0.25) is 0 Å². The first-order valence-electron chi connectivity index (χ1n) is 6.60. The second-order valence-corrected chi connectivity index (χ2v) is 6.97. The van der Waals surface area contributed by atoms with Gasteiger partial charge in [0.2, 0.25) is 0 Å². The summed E-state index contributed by atoms with van der Waals surface area (Å²) >= 11 is 5.08. The first kappa shape index (κ1) is 16.0. The number of rotatable bonds is 4. The first-order valence-corrected chi connectivity index (χ1v) is 8.27. The van der Waals surface area contributed by atoms with Crippen molar-refractivity contribution in [1.82, 2.24) is 0 Å². The number of ether oxygens (including phenoxy) is 1. The van der Waals surface area contributed by atoms with Crippen LogP contribution < -0.4 is 10.5 Å². The predicted molar refractivity (Wildman–Crippen MR) is 89.7 cm³/mol. The number of aryl methyl sites for hydroxylation is 2. The van der Waals surface area contributed by atoms with Crippen LogP contribution >= 0.6 is 27.3 Å². The third kappa shape index (κ3) is 3.65. The van der Waals surface area contributed by atoms with E-state index in [1.807, 2.05) is 44.4 Å². The summed E-state index contributed by atoms with van der Waals surface area (Å²) in [6, 6.07) is 7.74. The van der Waals surface area contributed by atoms with E-state index in [9.17, 15) is 0 Å². The minimum Gasteiger partial charge on any atom is -0.483 e. The Labute approximate surface area is 137 Å². The van der Waals surface area contributed by atoms with Crippen molar-refractivity contribution in [1.29, 1.82) is 5.26 Å². The summed E-state index contributed by atoms with van der Waals surface area (Å²) in [5.74, 6) is 0.806. The Morgan fingerprint density at radius 2 is 1.90 bits per heavy atom. The number of nitriles is 1. The fourth-order valence-corrected chi connectivity index (χ4v) is 3.82. The number of nitrogens with zero attached hydrogens (tertiary/aromatic N) is 1. The van der Waals surface area contributed by atoms with Gasteiger partial charge in [0.25, 0.3) is 0 Å². The first-order chi connectivity index (χ1) is 9.92. The molecule has 0 aliphatic heterocycles. The number of hydrogen-bond acceptors (Lipinski definition) is 4. The fraction of sp³-hybridized carbons (Fsp3) is 0.312. The molecule has 2 N–H and O–H groups in total. The second kappa shape index (κ2) is 6.61. The lowest BCUT2D eigenvalue weighted by Crippen LogP contribution is -2.28. The molecule has 5 heteroatoms. The highest BCUT2D eigenvalue weighted by Gasteiger charge is 2.22. The van der Waals surface area contributed by atoms with Gasteiger partial charge in [-0.15, -0.1) is 11.3 Å². The Kier molecular flexibility index (Phi) is 5.04. The van der Waals surface area contributed by atoms with Gasteiger partial charge < -0.3 is 10.5 Å². The molecule has 2 rings (SSSR count). The van der Waals surface area contributed by atoms with Crippen LogP contribution in [0.5, 0.6) is 5.75 Å². The van der Waals surface area contributed by atoms with E-state index in [0.717, 1.165) is 26.2 Å². The van der Waals surface area contributed by atoms with Crippen LogP contribution in [0.1, 0.15) is 34.6 Å². The average Bonchev–Trinajstić information content (AvgIpc) is 2.83. The third-order valence-electron chi connectivity index (χ3n) is 3.18. The predicted octanol–water partition coefficient (Wildman–Crippen LogP) is 4.47. The highest BCUT2D eigenvalue weighted by Crippen LogP contribution is 2.34. The molecule has 1 heterocycles. The molecular formula is C16H17BrN2OS. The minimum atomic E-state index is -0.202. The van der Waals surface area contributed by atoms with Gasteiger partial charge in [-0.05, 0) is 66.0 Å². The molecule has 0 aliphatic carbocycles. The van der Waals surface area contributed by atoms with Crippen molar-refractivity contribution in [2.24, 2.45) is 5.73 Å². The Morgan fingerprint density at radius 3 is 2.33 bits per heavy atom. The van der Waals surface area contributed by atoms with E-state index in [4.69, 9.17) is 15.7 Å². The van der Waals surface area contributed by atoms with Gasteiger partial charge in [-0.2, -0.15) is 5.26 Å². The normalized spacial score (nSPS) is 13.5. The topological polar surface area (TPSA) is 59.0 Å². The number of halogens is 1. The number of benzene rings is 1. The smallest absolute Gasteiger partial charge is 0.148 e. The van der Waals surface area contributed by atoms with Crippen molar-refractivity contribution < 1.29 is 4.74 Å². The molecular weight excluding hydrogens is 348 g/mol. The average molecular weight is 365 g/mol. The quantitative estimate of drug-likeness (QED) is 0.870. The standard InChI is InChI=1S/C16H17BrN2OS/c1-9-4-12(7-18)5-10(2)15(9)20-16(11(3)19)14-6-13(17)8-21-14/h4-6,8,11,16H,19H2,1-3H3. The van der Waals surface area contributed by atoms with Gasteiger partial charge in [-0.1, -0.05) is 0 Å². The molecule has 0 fully saturated rings. The van der Waals surface area contributed by atoms with Crippen molar-refractivity contribution in [3.63, 3.8) is 0 Å². The van der Waals surface area contributed by atoms with Crippen LogP contribution in [0, 0.1) is 25.2 Å². The molecule has 0 radical (unpaired) electrons. The van der Waals surface area contributed by atoms with Crippen LogP contribution in [0.3, 0.4) is 0 Å². The SMILES string of the molecule is Cc1cc(C#N)cc(C)c1OC(c1cc(Br)cs1)C(C)N. The Morgan fingerprint density at radius 1 is 1.29 bits per heavy atom. The van der Waals surface area contributed by atoms with Crippen LogP contribution in [-0.2, 0) is 0 Å².